The molecule has 1 amide bonds. The van der Waals surface area contributed by atoms with Crippen molar-refractivity contribution in [3.8, 4) is 28.5 Å². The summed E-state index contributed by atoms with van der Waals surface area (Å²) in [5.74, 6) is 1.22. The maximum absolute atomic E-state index is 14.1. The van der Waals surface area contributed by atoms with E-state index in [4.69, 9.17) is 11.3 Å². The molecule has 1 N–H and O–H groups in total. The number of hydrogen-bond acceptors (Lipinski definition) is 5. The highest BCUT2D eigenvalue weighted by molar-refractivity contribution is 5.84. The number of carbonyl (C=O) groups excluding carboxylic acids is 1. The van der Waals surface area contributed by atoms with Gasteiger partial charge in [0.25, 0.3) is 0 Å². The minimum Gasteiger partial charge on any atom is -0.497 e. The number of aromatic nitrogens is 4. The first-order chi connectivity index (χ1) is 23.1. The Morgan fingerprint density at radius 1 is 1.02 bits per heavy atom. The minimum atomic E-state index is -4.63. The minimum absolute atomic E-state index is 0.0231. The molecule has 1 aliphatic heterocycles. The number of hydrogen-bond donors (Lipinski definition) is 1. The van der Waals surface area contributed by atoms with Crippen LogP contribution >= 0.6 is 0 Å². The van der Waals surface area contributed by atoms with E-state index < -0.39 is 23.5 Å². The van der Waals surface area contributed by atoms with Crippen LogP contribution in [0.2, 0.25) is 0 Å². The number of nitrogens with one attached hydrogen (secondary N) is 1. The van der Waals surface area contributed by atoms with Gasteiger partial charge in [0.05, 0.1) is 48.2 Å². The summed E-state index contributed by atoms with van der Waals surface area (Å²) in [4.78, 5) is 33.9. The molecule has 5 aromatic rings. The Balaban J connectivity index is 1.21. The van der Waals surface area contributed by atoms with Crippen molar-refractivity contribution >= 4 is 11.7 Å². The normalized spacial score (nSPS) is 18.7. The molecule has 244 valence electrons. The summed E-state index contributed by atoms with van der Waals surface area (Å²) in [5, 5.41) is 7.45. The summed E-state index contributed by atoms with van der Waals surface area (Å²) in [6, 6.07) is 19.8. The molecule has 2 atom stereocenters. The zero-order chi connectivity index (χ0) is 33.7. The van der Waals surface area contributed by atoms with Crippen molar-refractivity contribution in [3.63, 3.8) is 0 Å². The number of benzene rings is 3. The van der Waals surface area contributed by atoms with E-state index >= 15 is 0 Å². The number of likely N-dealkylation sites (tertiary alicyclic amines) is 1. The van der Waals surface area contributed by atoms with Gasteiger partial charge in [-0.05, 0) is 72.9 Å². The fraction of sp³-hybridized carbons (Fsp3) is 0.257. The summed E-state index contributed by atoms with van der Waals surface area (Å²) in [5.41, 5.74) is 1.23. The van der Waals surface area contributed by atoms with Crippen LogP contribution in [0.1, 0.15) is 16.8 Å². The van der Waals surface area contributed by atoms with Gasteiger partial charge in [-0.25, -0.2) is 23.7 Å². The molecule has 48 heavy (non-hydrogen) atoms. The molecule has 0 spiro atoms. The van der Waals surface area contributed by atoms with E-state index in [2.05, 4.69) is 20.2 Å². The maximum Gasteiger partial charge on any atom is 0.416 e. The number of ether oxygens (including phenoxy) is 1. The molecule has 2 unspecified atom stereocenters. The van der Waals surface area contributed by atoms with Crippen LogP contribution in [-0.4, -0.2) is 56.1 Å². The number of carbonyl (C=O) groups is 1. The molecule has 7 rings (SSSR count). The van der Waals surface area contributed by atoms with Crippen molar-refractivity contribution in [2.24, 2.45) is 11.8 Å². The van der Waals surface area contributed by atoms with Gasteiger partial charge >= 0.3 is 17.9 Å². The standard InChI is InChI=1S/C35H30F3N7O3/c1-21-32(30-15-16-40-45(30)25-11-9-24(39-2)10-12-25)44(34(47)43(21)26-6-4-5-23(17-26)35(36,37)38)33(46)41-31-28-19-42(20-29(28)31)18-22-7-13-27(48-3)14-8-22/h4-17,28-29,31H,18-20H2,1,3H3,(H,41,46). The third-order valence-electron chi connectivity index (χ3n) is 9.15. The topological polar surface area (TPSA) is 90.7 Å². The predicted molar refractivity (Wildman–Crippen MR) is 172 cm³/mol. The number of nitrogens with zero attached hydrogens (tertiary/aromatic N) is 6. The van der Waals surface area contributed by atoms with E-state index in [1.807, 2.05) is 24.3 Å². The SMILES string of the molecule is [C-]#[N+]c1ccc(-n2nccc2-c2c(C)n(-c3cccc(C(F)(F)F)c3)c(=O)n2C(=O)NC2C3CN(Cc4ccc(OC)cc4)CC32)cc1. The van der Waals surface area contributed by atoms with E-state index in [-0.39, 0.29) is 35.0 Å². The average molecular weight is 654 g/mol. The number of piperidine rings is 1. The quantitative estimate of drug-likeness (QED) is 0.216. The van der Waals surface area contributed by atoms with Gasteiger partial charge in [-0.2, -0.15) is 18.3 Å². The Bertz CT molecular complexity index is 2100. The molecule has 3 heterocycles. The molecule has 10 nitrogen and oxygen atoms in total. The number of methoxy groups -OCH3 is 1. The second kappa shape index (κ2) is 11.9. The fourth-order valence-electron chi connectivity index (χ4n) is 6.73. The number of alkyl halides is 3. The Labute approximate surface area is 273 Å². The van der Waals surface area contributed by atoms with Gasteiger partial charge < -0.3 is 10.1 Å². The number of rotatable bonds is 7. The van der Waals surface area contributed by atoms with E-state index in [0.717, 1.165) is 52.2 Å². The first-order valence-corrected chi connectivity index (χ1v) is 15.3. The average Bonchev–Trinajstić information content (AvgIpc) is 3.45. The molecule has 1 aliphatic carbocycles. The first-order valence-electron chi connectivity index (χ1n) is 15.3. The summed E-state index contributed by atoms with van der Waals surface area (Å²) < 4.78 is 49.9. The van der Waals surface area contributed by atoms with E-state index in [1.165, 1.54) is 23.0 Å². The molecule has 2 fully saturated rings. The van der Waals surface area contributed by atoms with Crippen LogP contribution in [0, 0.1) is 25.3 Å². The van der Waals surface area contributed by atoms with Crippen molar-refractivity contribution in [1.29, 1.82) is 0 Å². The molecule has 0 radical (unpaired) electrons. The summed E-state index contributed by atoms with van der Waals surface area (Å²) >= 11 is 0. The molecule has 0 bridgehead atoms. The summed E-state index contributed by atoms with van der Waals surface area (Å²) in [6.45, 7) is 11.2. The number of amides is 1. The molecule has 3 aromatic carbocycles. The predicted octanol–water partition coefficient (Wildman–Crippen LogP) is 6.07. The van der Waals surface area contributed by atoms with Crippen LogP contribution in [0.15, 0.2) is 89.9 Å². The lowest BCUT2D eigenvalue weighted by Crippen LogP contribution is -2.41. The Morgan fingerprint density at radius 2 is 1.73 bits per heavy atom. The zero-order valence-corrected chi connectivity index (χ0v) is 26.0. The monoisotopic (exact) mass is 653 g/mol. The zero-order valence-electron chi connectivity index (χ0n) is 26.0. The molecule has 2 aliphatic rings. The van der Waals surface area contributed by atoms with E-state index in [1.54, 1.807) is 44.4 Å². The fourth-order valence-corrected chi connectivity index (χ4v) is 6.73. The van der Waals surface area contributed by atoms with Gasteiger partial charge in [0.1, 0.15) is 11.4 Å². The van der Waals surface area contributed by atoms with Gasteiger partial charge in [0, 0.05) is 25.7 Å². The molecular weight excluding hydrogens is 623 g/mol. The highest BCUT2D eigenvalue weighted by Gasteiger charge is 2.56. The Hall–Kier alpha value is -5.61. The lowest BCUT2D eigenvalue weighted by Gasteiger charge is -2.20. The van der Waals surface area contributed by atoms with Crippen molar-refractivity contribution in [2.45, 2.75) is 25.7 Å². The first kappa shape index (κ1) is 31.0. The van der Waals surface area contributed by atoms with Crippen LogP contribution in [0.25, 0.3) is 27.6 Å². The van der Waals surface area contributed by atoms with Crippen molar-refractivity contribution < 1.29 is 22.7 Å². The molecule has 13 heteroatoms. The largest absolute Gasteiger partial charge is 0.497 e. The molecule has 2 aromatic heterocycles. The third-order valence-corrected chi connectivity index (χ3v) is 9.15. The third kappa shape index (κ3) is 5.54. The molecule has 1 saturated carbocycles. The van der Waals surface area contributed by atoms with Crippen LogP contribution in [0.5, 0.6) is 5.75 Å². The van der Waals surface area contributed by atoms with Crippen molar-refractivity contribution in [2.75, 3.05) is 20.2 Å². The van der Waals surface area contributed by atoms with Crippen LogP contribution in [-0.2, 0) is 12.7 Å². The van der Waals surface area contributed by atoms with Crippen LogP contribution < -0.4 is 15.7 Å². The van der Waals surface area contributed by atoms with E-state index in [9.17, 15) is 22.8 Å². The Kier molecular flexibility index (Phi) is 7.68. The summed E-state index contributed by atoms with van der Waals surface area (Å²) in [7, 11) is 1.63. The maximum atomic E-state index is 14.1. The Morgan fingerprint density at radius 3 is 2.38 bits per heavy atom. The van der Waals surface area contributed by atoms with Gasteiger partial charge in [-0.15, -0.1) is 0 Å². The second-order valence-corrected chi connectivity index (χ2v) is 12.0. The molecule has 1 saturated heterocycles. The number of halogens is 3. The van der Waals surface area contributed by atoms with Crippen LogP contribution in [0.4, 0.5) is 23.7 Å². The highest BCUT2D eigenvalue weighted by Crippen LogP contribution is 2.46. The second-order valence-electron chi connectivity index (χ2n) is 12.0. The lowest BCUT2D eigenvalue weighted by molar-refractivity contribution is -0.137. The number of imidazole rings is 1. The van der Waals surface area contributed by atoms with Gasteiger partial charge in [-0.1, -0.05) is 30.3 Å². The van der Waals surface area contributed by atoms with Gasteiger partial charge in [-0.3, -0.25) is 9.47 Å². The van der Waals surface area contributed by atoms with E-state index in [0.29, 0.717) is 17.1 Å². The van der Waals surface area contributed by atoms with Crippen molar-refractivity contribution in [3.05, 3.63) is 124 Å². The van der Waals surface area contributed by atoms with Gasteiger partial charge in [0.2, 0.25) is 0 Å². The summed E-state index contributed by atoms with van der Waals surface area (Å²) in [6.07, 6.45) is -3.12. The highest BCUT2D eigenvalue weighted by atomic mass is 19.4. The smallest absolute Gasteiger partial charge is 0.416 e. The van der Waals surface area contributed by atoms with Crippen molar-refractivity contribution in [1.82, 2.24) is 29.1 Å². The lowest BCUT2D eigenvalue weighted by atomic mass is 10.2. The van der Waals surface area contributed by atoms with Gasteiger partial charge in [0.15, 0.2) is 5.69 Å². The number of fused-ring (bicyclic) bond motifs is 1. The molecular formula is C35H30F3N7O3. The van der Waals surface area contributed by atoms with Crippen LogP contribution in [0.3, 0.4) is 0 Å².